The summed E-state index contributed by atoms with van der Waals surface area (Å²) in [6, 6.07) is 10.6. The molecule has 0 aliphatic rings. The van der Waals surface area contributed by atoms with Gasteiger partial charge in [0.2, 0.25) is 0 Å². The fraction of sp³-hybridized carbons (Fsp3) is 0.0556. The summed E-state index contributed by atoms with van der Waals surface area (Å²) < 4.78 is 5.12. The van der Waals surface area contributed by atoms with Crippen LogP contribution in [0.2, 0.25) is 15.1 Å². The lowest BCUT2D eigenvalue weighted by Gasteiger charge is -2.08. The quantitative estimate of drug-likeness (QED) is 0.575. The molecule has 2 N–H and O–H groups in total. The number of carbonyl (C=O) groups excluding carboxylic acids is 2. The fourth-order valence-corrected chi connectivity index (χ4v) is 3.10. The Balaban J connectivity index is 1.84. The standard InChI is InChI=1S/C18H12Cl3N3O3/c1-9-14(16(24-27-9)15-12(20)3-2-4-13(15)21)17(25)23-18(26)22-11-7-5-10(19)6-8-11/h2-8H,1H3,(H2,22,23,25,26). The number of aryl methyl sites for hydroxylation is 1. The van der Waals surface area contributed by atoms with Gasteiger partial charge in [-0.25, -0.2) is 4.79 Å². The summed E-state index contributed by atoms with van der Waals surface area (Å²) in [6.45, 7) is 1.55. The molecule has 0 spiro atoms. The van der Waals surface area contributed by atoms with E-state index >= 15 is 0 Å². The zero-order valence-corrected chi connectivity index (χ0v) is 16.1. The molecule has 0 atom stereocenters. The monoisotopic (exact) mass is 423 g/mol. The number of urea groups is 1. The van der Waals surface area contributed by atoms with Crippen molar-refractivity contribution in [2.45, 2.75) is 6.92 Å². The van der Waals surface area contributed by atoms with Gasteiger partial charge in [0.15, 0.2) is 0 Å². The number of imide groups is 1. The van der Waals surface area contributed by atoms with Gasteiger partial charge in [0, 0.05) is 16.3 Å². The van der Waals surface area contributed by atoms with E-state index < -0.39 is 11.9 Å². The van der Waals surface area contributed by atoms with Crippen LogP contribution >= 0.6 is 34.8 Å². The van der Waals surface area contributed by atoms with Gasteiger partial charge in [-0.05, 0) is 43.3 Å². The largest absolute Gasteiger partial charge is 0.360 e. The topological polar surface area (TPSA) is 84.2 Å². The SMILES string of the molecule is Cc1onc(-c2c(Cl)cccc2Cl)c1C(=O)NC(=O)Nc1ccc(Cl)cc1. The number of carbonyl (C=O) groups is 2. The number of aromatic nitrogens is 1. The molecule has 0 aliphatic carbocycles. The average Bonchev–Trinajstić information content (AvgIpc) is 2.98. The normalized spacial score (nSPS) is 10.5. The smallest absolute Gasteiger partial charge is 0.326 e. The summed E-state index contributed by atoms with van der Waals surface area (Å²) >= 11 is 18.2. The minimum atomic E-state index is -0.723. The van der Waals surface area contributed by atoms with Crippen molar-refractivity contribution in [1.82, 2.24) is 10.5 Å². The first kappa shape index (κ1) is 19.2. The molecule has 0 saturated carbocycles. The number of nitrogens with zero attached hydrogens (tertiary/aromatic N) is 1. The Morgan fingerprint density at radius 1 is 1.00 bits per heavy atom. The van der Waals surface area contributed by atoms with E-state index in [1.165, 1.54) is 0 Å². The zero-order valence-electron chi connectivity index (χ0n) is 13.8. The van der Waals surface area contributed by atoms with Crippen molar-refractivity contribution in [1.29, 1.82) is 0 Å². The maximum atomic E-state index is 12.6. The Labute approximate surface area is 169 Å². The third-order valence-corrected chi connectivity index (χ3v) is 4.50. The molecular weight excluding hydrogens is 413 g/mol. The van der Waals surface area contributed by atoms with E-state index in [1.54, 1.807) is 49.4 Å². The van der Waals surface area contributed by atoms with Crippen molar-refractivity contribution >= 4 is 52.4 Å². The van der Waals surface area contributed by atoms with E-state index in [2.05, 4.69) is 15.8 Å². The van der Waals surface area contributed by atoms with E-state index in [4.69, 9.17) is 39.3 Å². The third kappa shape index (κ3) is 4.24. The molecule has 138 valence electrons. The average molecular weight is 425 g/mol. The van der Waals surface area contributed by atoms with Gasteiger partial charge in [-0.15, -0.1) is 0 Å². The fourth-order valence-electron chi connectivity index (χ4n) is 2.40. The van der Waals surface area contributed by atoms with Crippen LogP contribution in [0, 0.1) is 6.92 Å². The molecule has 0 bridgehead atoms. The number of rotatable bonds is 3. The highest BCUT2D eigenvalue weighted by molar-refractivity contribution is 6.39. The molecule has 6 nitrogen and oxygen atoms in total. The Bertz CT molecular complexity index is 996. The number of amides is 3. The van der Waals surface area contributed by atoms with Gasteiger partial charge in [0.25, 0.3) is 5.91 Å². The number of hydrogen-bond acceptors (Lipinski definition) is 4. The number of halogens is 3. The van der Waals surface area contributed by atoms with Crippen LogP contribution < -0.4 is 10.6 Å². The van der Waals surface area contributed by atoms with Crippen LogP contribution in [0.1, 0.15) is 16.1 Å². The molecule has 2 aromatic carbocycles. The third-order valence-electron chi connectivity index (χ3n) is 3.62. The Kier molecular flexibility index (Phi) is 5.70. The number of anilines is 1. The first-order chi connectivity index (χ1) is 12.9. The highest BCUT2D eigenvalue weighted by Crippen LogP contribution is 2.36. The first-order valence-corrected chi connectivity index (χ1v) is 8.78. The summed E-state index contributed by atoms with van der Waals surface area (Å²) in [7, 11) is 0. The Morgan fingerprint density at radius 3 is 2.26 bits per heavy atom. The molecule has 27 heavy (non-hydrogen) atoms. The number of hydrogen-bond donors (Lipinski definition) is 2. The minimum Gasteiger partial charge on any atom is -0.360 e. The molecule has 0 aliphatic heterocycles. The van der Waals surface area contributed by atoms with Crippen LogP contribution in [0.15, 0.2) is 47.0 Å². The van der Waals surface area contributed by atoms with Crippen LogP contribution in [0.4, 0.5) is 10.5 Å². The highest BCUT2D eigenvalue weighted by Gasteiger charge is 2.26. The lowest BCUT2D eigenvalue weighted by atomic mass is 10.1. The van der Waals surface area contributed by atoms with E-state index in [1.807, 2.05) is 0 Å². The van der Waals surface area contributed by atoms with Crippen LogP contribution in [0.3, 0.4) is 0 Å². The van der Waals surface area contributed by atoms with Crippen LogP contribution in [-0.4, -0.2) is 17.1 Å². The van der Waals surface area contributed by atoms with Gasteiger partial charge in [0.05, 0.1) is 10.0 Å². The second-order valence-electron chi connectivity index (χ2n) is 5.47. The molecular formula is C18H12Cl3N3O3. The van der Waals surface area contributed by atoms with Gasteiger partial charge in [0.1, 0.15) is 17.0 Å². The van der Waals surface area contributed by atoms with Crippen molar-refractivity contribution in [3.8, 4) is 11.3 Å². The maximum Gasteiger partial charge on any atom is 0.326 e. The van der Waals surface area contributed by atoms with Crippen LogP contribution in [0.5, 0.6) is 0 Å². The molecule has 0 saturated heterocycles. The van der Waals surface area contributed by atoms with Crippen molar-refractivity contribution in [2.24, 2.45) is 0 Å². The number of nitrogens with one attached hydrogen (secondary N) is 2. The molecule has 3 amide bonds. The van der Waals surface area contributed by atoms with Crippen molar-refractivity contribution in [3.05, 3.63) is 68.9 Å². The van der Waals surface area contributed by atoms with Gasteiger partial charge < -0.3 is 9.84 Å². The van der Waals surface area contributed by atoms with E-state index in [-0.39, 0.29) is 17.0 Å². The second kappa shape index (κ2) is 8.00. The zero-order chi connectivity index (χ0) is 19.6. The van der Waals surface area contributed by atoms with E-state index in [0.717, 1.165) is 0 Å². The molecule has 3 aromatic rings. The highest BCUT2D eigenvalue weighted by atomic mass is 35.5. The summed E-state index contributed by atoms with van der Waals surface area (Å²) in [6.07, 6.45) is 0. The van der Waals surface area contributed by atoms with Gasteiger partial charge in [-0.1, -0.05) is 46.0 Å². The lowest BCUT2D eigenvalue weighted by Crippen LogP contribution is -2.34. The molecule has 1 aromatic heterocycles. The predicted octanol–water partition coefficient (Wildman–Crippen LogP) is 5.57. The lowest BCUT2D eigenvalue weighted by molar-refractivity contribution is 0.0966. The van der Waals surface area contributed by atoms with Gasteiger partial charge in [-0.2, -0.15) is 0 Å². The van der Waals surface area contributed by atoms with Crippen molar-refractivity contribution in [2.75, 3.05) is 5.32 Å². The summed E-state index contributed by atoms with van der Waals surface area (Å²) in [4.78, 5) is 24.7. The van der Waals surface area contributed by atoms with E-state index in [0.29, 0.717) is 26.3 Å². The molecule has 0 radical (unpaired) electrons. The number of benzene rings is 2. The maximum absolute atomic E-state index is 12.6. The van der Waals surface area contributed by atoms with Crippen LogP contribution in [0.25, 0.3) is 11.3 Å². The molecule has 9 heteroatoms. The second-order valence-corrected chi connectivity index (χ2v) is 6.73. The summed E-state index contributed by atoms with van der Waals surface area (Å²) in [5, 5.41) is 9.77. The molecule has 3 rings (SSSR count). The molecule has 0 unspecified atom stereocenters. The van der Waals surface area contributed by atoms with Crippen LogP contribution in [-0.2, 0) is 0 Å². The Morgan fingerprint density at radius 2 is 1.63 bits per heavy atom. The molecule has 0 fully saturated rings. The first-order valence-electron chi connectivity index (χ1n) is 7.65. The molecule has 1 heterocycles. The van der Waals surface area contributed by atoms with E-state index in [9.17, 15) is 9.59 Å². The summed E-state index contributed by atoms with van der Waals surface area (Å²) in [5.74, 6) is -0.482. The Hall–Kier alpha value is -2.54. The minimum absolute atomic E-state index is 0.0660. The van der Waals surface area contributed by atoms with Gasteiger partial charge >= 0.3 is 6.03 Å². The van der Waals surface area contributed by atoms with Crippen molar-refractivity contribution < 1.29 is 14.1 Å². The van der Waals surface area contributed by atoms with Crippen molar-refractivity contribution in [3.63, 3.8) is 0 Å². The summed E-state index contributed by atoms with van der Waals surface area (Å²) in [5.41, 5.74) is 1.04. The predicted molar refractivity (Wildman–Crippen MR) is 105 cm³/mol. The van der Waals surface area contributed by atoms with Gasteiger partial charge in [-0.3, -0.25) is 10.1 Å².